The van der Waals surface area contributed by atoms with Gasteiger partial charge in [-0.05, 0) is 51.4 Å². The van der Waals surface area contributed by atoms with E-state index in [1.165, 1.54) is 398 Å². The number of ether oxygens (including phenoxy) is 1. The minimum absolute atomic E-state index is 0.0175. The maximum Gasteiger partial charge on any atom is 0.305 e. The first-order valence-electron chi connectivity index (χ1n) is 40.9. The summed E-state index contributed by atoms with van der Waals surface area (Å²) in [7, 11) is 0. The van der Waals surface area contributed by atoms with Crippen LogP contribution in [0, 0.1) is 0 Å². The largest absolute Gasteiger partial charge is 0.466 e. The van der Waals surface area contributed by atoms with Crippen LogP contribution in [0.3, 0.4) is 0 Å². The molecular weight excluding hydrogens is 1080 g/mol. The molecule has 0 fully saturated rings. The molecule has 0 radical (unpaired) electrons. The van der Waals surface area contributed by atoms with Gasteiger partial charge in [-0.15, -0.1) is 0 Å². The van der Waals surface area contributed by atoms with Gasteiger partial charge in [0.25, 0.3) is 0 Å². The Bertz CT molecular complexity index is 1340. The Morgan fingerprint density at radius 2 is 0.534 bits per heavy atom. The van der Waals surface area contributed by atoms with Gasteiger partial charge in [0, 0.05) is 12.8 Å². The molecule has 0 saturated heterocycles. The van der Waals surface area contributed by atoms with Gasteiger partial charge in [0.15, 0.2) is 0 Å². The predicted octanol–water partition coefficient (Wildman–Crippen LogP) is 27.1. The smallest absolute Gasteiger partial charge is 0.305 e. The number of nitrogens with one attached hydrogen (secondary N) is 1. The number of unbranched alkanes of at least 4 members (excludes halogenated alkanes) is 65. The molecule has 0 aromatic heterocycles. The number of esters is 1. The van der Waals surface area contributed by atoms with Crippen molar-refractivity contribution in [3.63, 3.8) is 0 Å². The number of rotatable bonds is 78. The van der Waals surface area contributed by atoms with Gasteiger partial charge >= 0.3 is 5.97 Å². The van der Waals surface area contributed by atoms with Crippen molar-refractivity contribution >= 4 is 11.9 Å². The Hall–Kier alpha value is -1.40. The SMILES string of the molecule is CCCCCCCCC/C=C\CCCCCCCCCC(=O)OCCCCCCCCCCCCCCCCCCCCCCCCCCCCCCC(=O)NC(CO)C(O)CCCCCCCCCCCCCCCCCCCCCCCCCCC. The summed E-state index contributed by atoms with van der Waals surface area (Å²) in [6, 6.07) is -0.540. The average molecular weight is 1240 g/mol. The number of carbonyl (C=O) groups is 2. The zero-order valence-corrected chi connectivity index (χ0v) is 60.3. The molecular formula is C82H161NO5. The third-order valence-corrected chi connectivity index (χ3v) is 19.6. The minimum Gasteiger partial charge on any atom is -0.466 e. The van der Waals surface area contributed by atoms with E-state index in [0.717, 1.165) is 44.9 Å². The quantitative estimate of drug-likeness (QED) is 0.0320. The van der Waals surface area contributed by atoms with Crippen molar-refractivity contribution < 1.29 is 24.5 Å². The van der Waals surface area contributed by atoms with Crippen LogP contribution in [0.2, 0.25) is 0 Å². The van der Waals surface area contributed by atoms with Crippen LogP contribution in [0.15, 0.2) is 12.2 Å². The molecule has 6 nitrogen and oxygen atoms in total. The minimum atomic E-state index is -0.663. The summed E-state index contributed by atoms with van der Waals surface area (Å²) in [4.78, 5) is 24.7. The fraction of sp³-hybridized carbons (Fsp3) is 0.951. The topological polar surface area (TPSA) is 95.9 Å². The molecule has 6 heteroatoms. The molecule has 0 bridgehead atoms. The standard InChI is InChI=1S/C82H161NO5/c1-3-5-7-9-11-13-15-17-19-21-23-24-25-30-33-36-39-42-46-50-54-58-62-66-70-74-80(85)79(78-84)83-81(86)75-71-67-63-59-55-51-47-43-40-37-34-31-28-26-27-29-32-35-38-41-45-49-53-57-61-65-69-73-77-88-82(87)76-72-68-64-60-56-52-48-44-22-20-18-16-14-12-10-8-6-4-2/h20,22,79-80,84-85H,3-19,21,23-78H2,1-2H3,(H,83,86)/b22-20-. The molecule has 0 spiro atoms. The molecule has 0 rings (SSSR count). The van der Waals surface area contributed by atoms with Gasteiger partial charge in [0.05, 0.1) is 25.4 Å². The molecule has 0 heterocycles. The highest BCUT2D eigenvalue weighted by atomic mass is 16.5. The van der Waals surface area contributed by atoms with Crippen LogP contribution in [-0.4, -0.2) is 47.4 Å². The molecule has 524 valence electrons. The van der Waals surface area contributed by atoms with E-state index in [2.05, 4.69) is 31.3 Å². The average Bonchev–Trinajstić information content (AvgIpc) is 3.58. The van der Waals surface area contributed by atoms with Crippen LogP contribution in [0.25, 0.3) is 0 Å². The third kappa shape index (κ3) is 73.6. The van der Waals surface area contributed by atoms with Gasteiger partial charge in [0.1, 0.15) is 0 Å². The highest BCUT2D eigenvalue weighted by Gasteiger charge is 2.20. The monoisotopic (exact) mass is 1240 g/mol. The highest BCUT2D eigenvalue weighted by Crippen LogP contribution is 2.21. The van der Waals surface area contributed by atoms with E-state index in [1.54, 1.807) is 0 Å². The number of allylic oxidation sites excluding steroid dienone is 2. The van der Waals surface area contributed by atoms with Crippen LogP contribution in [0.1, 0.15) is 476 Å². The number of amides is 1. The Balaban J connectivity index is 3.34. The van der Waals surface area contributed by atoms with E-state index in [4.69, 9.17) is 4.74 Å². The van der Waals surface area contributed by atoms with Gasteiger partial charge in [-0.3, -0.25) is 9.59 Å². The van der Waals surface area contributed by atoms with Crippen molar-refractivity contribution in [2.75, 3.05) is 13.2 Å². The van der Waals surface area contributed by atoms with E-state index in [1.807, 2.05) is 0 Å². The van der Waals surface area contributed by atoms with Gasteiger partial charge in [-0.25, -0.2) is 0 Å². The Morgan fingerprint density at radius 1 is 0.307 bits per heavy atom. The first-order valence-corrected chi connectivity index (χ1v) is 40.9. The van der Waals surface area contributed by atoms with Crippen LogP contribution in [0.5, 0.6) is 0 Å². The Kier molecular flexibility index (Phi) is 76.8. The Labute approximate surface area is 552 Å². The molecule has 0 aromatic rings. The molecule has 3 N–H and O–H groups in total. The molecule has 0 aromatic carbocycles. The molecule has 0 aliphatic rings. The van der Waals surface area contributed by atoms with Crippen molar-refractivity contribution in [1.29, 1.82) is 0 Å². The van der Waals surface area contributed by atoms with Gasteiger partial charge < -0.3 is 20.3 Å². The van der Waals surface area contributed by atoms with Crippen molar-refractivity contribution in [2.45, 2.75) is 488 Å². The van der Waals surface area contributed by atoms with E-state index >= 15 is 0 Å². The second-order valence-corrected chi connectivity index (χ2v) is 28.5. The van der Waals surface area contributed by atoms with E-state index in [0.29, 0.717) is 25.9 Å². The zero-order chi connectivity index (χ0) is 63.5. The lowest BCUT2D eigenvalue weighted by Crippen LogP contribution is -2.45. The summed E-state index contributed by atoms with van der Waals surface area (Å²) in [6.07, 6.45) is 98.8. The molecule has 0 aliphatic heterocycles. The molecule has 1 amide bonds. The van der Waals surface area contributed by atoms with E-state index < -0.39 is 12.1 Å². The van der Waals surface area contributed by atoms with Crippen LogP contribution >= 0.6 is 0 Å². The van der Waals surface area contributed by atoms with Gasteiger partial charge in [-0.1, -0.05) is 424 Å². The number of hydrogen-bond acceptors (Lipinski definition) is 5. The summed E-state index contributed by atoms with van der Waals surface area (Å²) in [5.41, 5.74) is 0. The van der Waals surface area contributed by atoms with E-state index in [9.17, 15) is 19.8 Å². The number of aliphatic hydroxyl groups is 2. The summed E-state index contributed by atoms with van der Waals surface area (Å²) >= 11 is 0. The summed E-state index contributed by atoms with van der Waals surface area (Å²) in [5.74, 6) is -0.00785. The van der Waals surface area contributed by atoms with Crippen LogP contribution in [0.4, 0.5) is 0 Å². The fourth-order valence-electron chi connectivity index (χ4n) is 13.3. The lowest BCUT2D eigenvalue weighted by atomic mass is 10.0. The number of aliphatic hydroxyl groups excluding tert-OH is 2. The van der Waals surface area contributed by atoms with E-state index in [-0.39, 0.29) is 18.5 Å². The molecule has 88 heavy (non-hydrogen) atoms. The number of hydrogen-bond donors (Lipinski definition) is 3. The zero-order valence-electron chi connectivity index (χ0n) is 60.3. The molecule has 2 atom stereocenters. The van der Waals surface area contributed by atoms with Crippen molar-refractivity contribution in [2.24, 2.45) is 0 Å². The van der Waals surface area contributed by atoms with Crippen molar-refractivity contribution in [3.05, 3.63) is 12.2 Å². The molecule has 2 unspecified atom stereocenters. The second kappa shape index (κ2) is 78.0. The lowest BCUT2D eigenvalue weighted by Gasteiger charge is -2.22. The molecule has 0 saturated carbocycles. The summed E-state index contributed by atoms with van der Waals surface area (Å²) in [6.45, 7) is 5.01. The second-order valence-electron chi connectivity index (χ2n) is 28.5. The third-order valence-electron chi connectivity index (χ3n) is 19.6. The normalized spacial score (nSPS) is 12.5. The van der Waals surface area contributed by atoms with Crippen molar-refractivity contribution in [1.82, 2.24) is 5.32 Å². The van der Waals surface area contributed by atoms with Gasteiger partial charge in [-0.2, -0.15) is 0 Å². The predicted molar refractivity (Wildman–Crippen MR) is 389 cm³/mol. The Morgan fingerprint density at radius 3 is 0.807 bits per heavy atom. The summed E-state index contributed by atoms with van der Waals surface area (Å²) < 4.78 is 5.51. The first-order chi connectivity index (χ1) is 43.5. The highest BCUT2D eigenvalue weighted by molar-refractivity contribution is 5.76. The lowest BCUT2D eigenvalue weighted by molar-refractivity contribution is -0.143. The maximum absolute atomic E-state index is 12.6. The summed E-state index contributed by atoms with van der Waals surface area (Å²) in [5, 5.41) is 23.5. The number of carbonyl (C=O) groups excluding carboxylic acids is 2. The van der Waals surface area contributed by atoms with Crippen LogP contribution < -0.4 is 5.32 Å². The first kappa shape index (κ1) is 86.6. The van der Waals surface area contributed by atoms with Crippen molar-refractivity contribution in [3.8, 4) is 0 Å². The maximum atomic E-state index is 12.6. The molecule has 0 aliphatic carbocycles. The fourth-order valence-corrected chi connectivity index (χ4v) is 13.3. The van der Waals surface area contributed by atoms with Crippen LogP contribution in [-0.2, 0) is 14.3 Å². The van der Waals surface area contributed by atoms with Gasteiger partial charge in [0.2, 0.25) is 5.91 Å².